The summed E-state index contributed by atoms with van der Waals surface area (Å²) in [6.07, 6.45) is 21.5. The number of hydrogen-bond donors (Lipinski definition) is 2. The zero-order valence-corrected chi connectivity index (χ0v) is 32.7. The summed E-state index contributed by atoms with van der Waals surface area (Å²) in [4.78, 5) is 61.6. The second kappa shape index (κ2) is 13.1. The number of aliphatic hydroxyl groups is 1. The number of ether oxygens (including phenoxy) is 2. The lowest BCUT2D eigenvalue weighted by atomic mass is 9.43. The average Bonchev–Trinajstić information content (AvgIpc) is 3.95. The summed E-state index contributed by atoms with van der Waals surface area (Å²) in [5.74, 6) is -0.710. The Morgan fingerprint density at radius 2 is 1.84 bits per heavy atom. The molecule has 0 unspecified atom stereocenters. The molecule has 5 aliphatic carbocycles. The highest BCUT2D eigenvalue weighted by Crippen LogP contribution is 2.72. The maximum absolute atomic E-state index is 14.7. The fourth-order valence-electron chi connectivity index (χ4n) is 11.6. The van der Waals surface area contributed by atoms with E-state index in [0.29, 0.717) is 47.7 Å². The first-order valence-electron chi connectivity index (χ1n) is 20.0. The monoisotopic (exact) mass is 779 g/mol. The van der Waals surface area contributed by atoms with Crippen LogP contribution in [-0.2, 0) is 28.7 Å². The van der Waals surface area contributed by atoms with Gasteiger partial charge >= 0.3 is 11.9 Å². The molecule has 6 aliphatic heterocycles. The highest BCUT2D eigenvalue weighted by Gasteiger charge is 2.69. The molecular weight excluding hydrogens is 735 g/mol. The second-order valence-electron chi connectivity index (χ2n) is 16.9. The van der Waals surface area contributed by atoms with Gasteiger partial charge in [-0.1, -0.05) is 60.4 Å². The highest BCUT2D eigenvalue weighted by molar-refractivity contribution is 8.77. The summed E-state index contributed by atoms with van der Waals surface area (Å²) < 4.78 is 12.7. The molecule has 8 atom stereocenters. The first-order chi connectivity index (χ1) is 26.6. The van der Waals surface area contributed by atoms with Crippen molar-refractivity contribution in [2.45, 2.75) is 94.8 Å². The van der Waals surface area contributed by atoms with Crippen LogP contribution in [0.15, 0.2) is 76.5 Å². The maximum Gasteiger partial charge on any atom is 0.340 e. The number of carbonyl (C=O) groups excluding carboxylic acids is 4. The number of esters is 2. The number of anilines is 1. The molecule has 1 saturated heterocycles. The van der Waals surface area contributed by atoms with Gasteiger partial charge in [0.2, 0.25) is 0 Å². The average molecular weight is 780 g/mol. The van der Waals surface area contributed by atoms with Crippen molar-refractivity contribution in [3.63, 3.8) is 0 Å². The van der Waals surface area contributed by atoms with Crippen LogP contribution in [-0.4, -0.2) is 56.1 Å². The fourth-order valence-corrected chi connectivity index (χ4v) is 14.0. The molecule has 1 spiro atoms. The van der Waals surface area contributed by atoms with Crippen LogP contribution >= 0.6 is 21.6 Å². The Hall–Kier alpha value is -3.87. The van der Waals surface area contributed by atoms with E-state index in [1.54, 1.807) is 6.20 Å². The number of imide groups is 1. The number of carbonyl (C=O) groups is 4. The molecule has 2 saturated carbocycles. The Balaban J connectivity index is 1.21. The van der Waals surface area contributed by atoms with Crippen LogP contribution in [0.25, 0.3) is 6.08 Å². The van der Waals surface area contributed by atoms with Gasteiger partial charge in [-0.3, -0.25) is 14.5 Å². The first kappa shape index (κ1) is 35.5. The summed E-state index contributed by atoms with van der Waals surface area (Å²) in [6, 6.07) is 1.95. The first-order valence-corrected chi connectivity index (χ1v) is 22.2. The molecule has 10 nitrogen and oxygen atoms in total. The van der Waals surface area contributed by atoms with Crippen LogP contribution < -0.4 is 5.32 Å². The van der Waals surface area contributed by atoms with Crippen molar-refractivity contribution < 1.29 is 33.8 Å². The van der Waals surface area contributed by atoms with Gasteiger partial charge in [0, 0.05) is 53.4 Å². The molecule has 1 aromatic heterocycles. The molecule has 12 rings (SSSR count). The minimum absolute atomic E-state index is 0.00200. The molecule has 12 heteroatoms. The number of pyridine rings is 1. The molecule has 1 aromatic rings. The standard InChI is InChI=1S/C43H45N3O7S2/c1-3-42(16-4-5-17-42)20-29-27-8-7-25-24-14-18-43(36(25)35(27)39(49)52-29)30-10-6-22(2)41(51)55-54-31-11-9-26-23(15-19-44-38(26)45-31)28(34(24)37(43)40(50)53-30)21-46-32(47)12-13-33(46)48/h9-13,15,19-20,22,24-25,28,31,36,41,51H,3-8,14,16-18,21H2,1-2H3,(H,44,45)/b29-20-,30-10-/t22-,24+,25+,28+,31-,36-,41+,43+/m1/s1. The van der Waals surface area contributed by atoms with Crippen LogP contribution in [0.5, 0.6) is 0 Å². The molecule has 2 amide bonds. The van der Waals surface area contributed by atoms with E-state index in [1.807, 2.05) is 31.2 Å². The van der Waals surface area contributed by atoms with E-state index in [4.69, 9.17) is 14.5 Å². The molecule has 9 bridgehead atoms. The maximum atomic E-state index is 14.7. The van der Waals surface area contributed by atoms with E-state index in [-0.39, 0.29) is 58.8 Å². The van der Waals surface area contributed by atoms with E-state index in [9.17, 15) is 24.3 Å². The minimum Gasteiger partial charge on any atom is -0.427 e. The Morgan fingerprint density at radius 1 is 1.04 bits per heavy atom. The smallest absolute Gasteiger partial charge is 0.340 e. The summed E-state index contributed by atoms with van der Waals surface area (Å²) >= 11 is 0. The molecule has 0 aromatic carbocycles. The van der Waals surface area contributed by atoms with Crippen molar-refractivity contribution >= 4 is 57.2 Å². The number of aromatic nitrogens is 1. The van der Waals surface area contributed by atoms with Crippen LogP contribution in [0.3, 0.4) is 0 Å². The summed E-state index contributed by atoms with van der Waals surface area (Å²) in [7, 11) is 2.90. The number of fused-ring (bicyclic) bond motifs is 6. The van der Waals surface area contributed by atoms with Crippen LogP contribution in [0, 0.1) is 34.5 Å². The van der Waals surface area contributed by atoms with E-state index in [1.165, 1.54) is 51.5 Å². The lowest BCUT2D eigenvalue weighted by molar-refractivity contribution is -0.137. The Morgan fingerprint density at radius 3 is 2.62 bits per heavy atom. The normalized spacial score (nSPS) is 37.4. The molecule has 286 valence electrons. The van der Waals surface area contributed by atoms with Gasteiger partial charge in [-0.15, -0.1) is 0 Å². The summed E-state index contributed by atoms with van der Waals surface area (Å²) in [6.45, 7) is 4.28. The predicted octanol–water partition coefficient (Wildman–Crippen LogP) is 7.48. The van der Waals surface area contributed by atoms with Crippen LogP contribution in [0.4, 0.5) is 5.82 Å². The number of nitrogens with zero attached hydrogens (tertiary/aromatic N) is 2. The molecule has 11 aliphatic rings. The zero-order chi connectivity index (χ0) is 37.8. The number of rotatable bonds is 4. The third-order valence-corrected chi connectivity index (χ3v) is 17.1. The second-order valence-corrected chi connectivity index (χ2v) is 19.4. The molecule has 0 radical (unpaired) electrons. The fraction of sp³-hybridized carbons (Fsp3) is 0.512. The van der Waals surface area contributed by atoms with Gasteiger partial charge in [0.25, 0.3) is 11.8 Å². The lowest BCUT2D eigenvalue weighted by Crippen LogP contribution is -2.53. The minimum atomic E-state index is -0.942. The van der Waals surface area contributed by atoms with Crippen molar-refractivity contribution in [2.75, 3.05) is 11.9 Å². The van der Waals surface area contributed by atoms with Gasteiger partial charge in [0.15, 0.2) is 0 Å². The zero-order valence-electron chi connectivity index (χ0n) is 31.0. The summed E-state index contributed by atoms with van der Waals surface area (Å²) in [5.41, 5.74) is 3.23. The third kappa shape index (κ3) is 5.29. The Labute approximate surface area is 328 Å². The molecule has 3 fully saturated rings. The van der Waals surface area contributed by atoms with Crippen molar-refractivity contribution in [3.05, 3.63) is 87.6 Å². The van der Waals surface area contributed by atoms with Crippen molar-refractivity contribution in [1.29, 1.82) is 0 Å². The quantitative estimate of drug-likeness (QED) is 0.179. The Bertz CT molecular complexity index is 2110. The molecular formula is C43H45N3O7S2. The lowest BCUT2D eigenvalue weighted by Gasteiger charge is -2.57. The predicted molar refractivity (Wildman–Crippen MR) is 209 cm³/mol. The van der Waals surface area contributed by atoms with E-state index in [2.05, 4.69) is 18.3 Å². The number of amides is 2. The van der Waals surface area contributed by atoms with Crippen molar-refractivity contribution in [1.82, 2.24) is 9.88 Å². The van der Waals surface area contributed by atoms with Gasteiger partial charge in [-0.25, -0.2) is 14.6 Å². The van der Waals surface area contributed by atoms with Crippen molar-refractivity contribution in [2.24, 2.45) is 34.5 Å². The number of nitrogens with one attached hydrogen (secondary N) is 1. The molecule has 7 heterocycles. The third-order valence-electron chi connectivity index (χ3n) is 14.3. The highest BCUT2D eigenvalue weighted by atomic mass is 33.1. The number of cyclic esters (lactones) is 1. The SMILES string of the molecule is CCC1(/C=C2\OC(=O)C3=C2CC[C@H]2[C@@H]4CC[C@@]5(C6=C4[C@@H](CN4C(=O)C=CC4=O)c4ccnc7c4C=C[C@H](N7)SS[C@H](O)[C@H](C)C/C=C/5OC6=O)[C@@H]32)CCCC1. The van der Waals surface area contributed by atoms with Gasteiger partial charge in [0.1, 0.15) is 28.1 Å². The van der Waals surface area contributed by atoms with Crippen molar-refractivity contribution in [3.8, 4) is 0 Å². The summed E-state index contributed by atoms with van der Waals surface area (Å²) in [5, 5.41) is 14.7. The van der Waals surface area contributed by atoms with E-state index < -0.39 is 22.7 Å². The van der Waals surface area contributed by atoms with Crippen LogP contribution in [0.1, 0.15) is 95.1 Å². The topological polar surface area (TPSA) is 135 Å². The molecule has 55 heavy (non-hydrogen) atoms. The van der Waals surface area contributed by atoms with Gasteiger partial charge in [-0.2, -0.15) is 0 Å². The van der Waals surface area contributed by atoms with E-state index >= 15 is 0 Å². The van der Waals surface area contributed by atoms with E-state index in [0.717, 1.165) is 54.4 Å². The molecule has 2 N–H and O–H groups in total. The van der Waals surface area contributed by atoms with Gasteiger partial charge in [-0.05, 0) is 104 Å². The van der Waals surface area contributed by atoms with Crippen LogP contribution in [0.2, 0.25) is 0 Å². The largest absolute Gasteiger partial charge is 0.427 e. The van der Waals surface area contributed by atoms with Gasteiger partial charge in [0.05, 0.1) is 11.0 Å². The number of aliphatic hydroxyl groups excluding tert-OH is 1. The van der Waals surface area contributed by atoms with Gasteiger partial charge < -0.3 is 19.9 Å². The number of hydrogen-bond acceptors (Lipinski definition) is 11. The number of allylic oxidation sites excluding steroid dienone is 4. The Kier molecular flexibility index (Phi) is 8.46.